The third kappa shape index (κ3) is 19.7. The van der Waals surface area contributed by atoms with Gasteiger partial charge in [-0.15, -0.1) is 24.8 Å². The Morgan fingerprint density at radius 3 is 0.967 bits per heavy atom. The highest BCUT2D eigenvalue weighted by Crippen LogP contribution is 2.32. The lowest BCUT2D eigenvalue weighted by molar-refractivity contribution is -0.176. The van der Waals surface area contributed by atoms with E-state index in [0.717, 1.165) is 69.9 Å². The predicted molar refractivity (Wildman–Crippen MR) is 362 cm³/mol. The summed E-state index contributed by atoms with van der Waals surface area (Å²) in [6.45, 7) is 22.0. The number of hydrogen-bond donors (Lipinski definition) is 2. The maximum atomic E-state index is 15.2. The summed E-state index contributed by atoms with van der Waals surface area (Å²) in [6, 6.07) is 26.4. The summed E-state index contributed by atoms with van der Waals surface area (Å²) in [5.41, 5.74) is 7.54. The molecule has 92 heavy (non-hydrogen) atoms. The number of esters is 4. The van der Waals surface area contributed by atoms with E-state index in [4.69, 9.17) is 18.9 Å². The first kappa shape index (κ1) is 75.1. The number of rotatable bonds is 16. The number of nitrogens with one attached hydrogen (secondary N) is 2. The fourth-order valence-electron chi connectivity index (χ4n) is 11.9. The molecule has 4 amide bonds. The highest BCUT2D eigenvalue weighted by molar-refractivity contribution is 5.94. The van der Waals surface area contributed by atoms with E-state index in [2.05, 4.69) is 32.6 Å². The number of hydrogen-bond acceptors (Lipinski definition) is 16. The molecule has 4 aromatic rings. The Bertz CT molecular complexity index is 2930. The molecule has 4 aromatic carbocycles. The molecule has 1 fully saturated rings. The molecule has 1 saturated heterocycles. The van der Waals surface area contributed by atoms with Crippen LogP contribution in [0.25, 0.3) is 0 Å². The lowest BCUT2D eigenvalue weighted by atomic mass is 9.99. The number of halogens is 2. The maximum Gasteiger partial charge on any atom is 0.329 e. The highest BCUT2D eigenvalue weighted by Gasteiger charge is 2.43. The summed E-state index contributed by atoms with van der Waals surface area (Å²) < 4.78 is 24.5. The Hall–Kier alpha value is -7.58. The van der Waals surface area contributed by atoms with Crippen molar-refractivity contribution in [1.29, 1.82) is 0 Å². The van der Waals surface area contributed by atoms with Crippen molar-refractivity contribution in [3.63, 3.8) is 0 Å². The molecule has 0 aliphatic carbocycles. The fourth-order valence-corrected chi connectivity index (χ4v) is 11.9. The Labute approximate surface area is 556 Å². The van der Waals surface area contributed by atoms with Crippen molar-refractivity contribution in [3.8, 4) is 0 Å². The number of amides is 4. The van der Waals surface area contributed by atoms with Gasteiger partial charge in [-0.3, -0.25) is 19.2 Å². The molecule has 0 aromatic heterocycles. The van der Waals surface area contributed by atoms with Crippen molar-refractivity contribution in [2.45, 2.75) is 169 Å². The monoisotopic (exact) mass is 1310 g/mol. The number of benzene rings is 4. The zero-order valence-corrected chi connectivity index (χ0v) is 57.7. The number of cyclic esters (lactones) is 4. The largest absolute Gasteiger partial charge is 0.451 e. The van der Waals surface area contributed by atoms with Gasteiger partial charge in [-0.1, -0.05) is 128 Å². The zero-order valence-electron chi connectivity index (χ0n) is 56.0. The maximum absolute atomic E-state index is 15.2. The quantitative estimate of drug-likeness (QED) is 0.0789. The minimum Gasteiger partial charge on any atom is -0.451 e. The molecule has 504 valence electrons. The minimum atomic E-state index is -1.53. The van der Waals surface area contributed by atoms with Crippen molar-refractivity contribution < 1.29 is 57.3 Å². The fraction of sp³-hybridized carbons (Fsp3) is 0.543. The van der Waals surface area contributed by atoms with E-state index in [1.54, 1.807) is 0 Å². The molecule has 8 atom stereocenters. The van der Waals surface area contributed by atoms with Crippen LogP contribution in [0, 0.1) is 23.7 Å². The molecule has 0 bridgehead atoms. The second-order valence-corrected chi connectivity index (χ2v) is 26.2. The van der Waals surface area contributed by atoms with Crippen molar-refractivity contribution >= 4 is 95.1 Å². The topological polar surface area (TPSA) is 217 Å². The molecular weight excluding hydrogens is 1220 g/mol. The minimum absolute atomic E-state index is 0. The molecule has 0 spiro atoms. The van der Waals surface area contributed by atoms with Gasteiger partial charge in [0, 0.05) is 80.3 Å². The van der Waals surface area contributed by atoms with Crippen LogP contribution in [0.15, 0.2) is 97.1 Å². The molecule has 3 heterocycles. The third-order valence-corrected chi connectivity index (χ3v) is 17.0. The predicted octanol–water partition coefficient (Wildman–Crippen LogP) is 9.37. The molecule has 22 heteroatoms. The van der Waals surface area contributed by atoms with E-state index in [0.29, 0.717) is 24.2 Å². The van der Waals surface area contributed by atoms with Crippen LogP contribution >= 0.6 is 24.8 Å². The van der Waals surface area contributed by atoms with Crippen LogP contribution in [0.5, 0.6) is 0 Å². The molecular formula is C70H98Cl2N8O12. The third-order valence-electron chi connectivity index (χ3n) is 17.0. The number of carbonyl (C=O) groups excluding carboxylic acids is 8. The van der Waals surface area contributed by atoms with Crippen LogP contribution in [0.1, 0.15) is 117 Å². The van der Waals surface area contributed by atoms with Crippen LogP contribution in [0.4, 0.5) is 22.7 Å². The first-order valence-corrected chi connectivity index (χ1v) is 31.9. The second kappa shape index (κ2) is 34.4. The summed E-state index contributed by atoms with van der Waals surface area (Å²) in [6.07, 6.45) is -5.92. The molecule has 2 N–H and O–H groups in total. The molecule has 7 rings (SSSR count). The van der Waals surface area contributed by atoms with E-state index in [9.17, 15) is 28.8 Å². The van der Waals surface area contributed by atoms with E-state index in [1.807, 2.05) is 140 Å². The second-order valence-electron chi connectivity index (χ2n) is 26.2. The van der Waals surface area contributed by atoms with Crippen molar-refractivity contribution in [1.82, 2.24) is 19.6 Å². The van der Waals surface area contributed by atoms with Gasteiger partial charge in [-0.25, -0.2) is 19.2 Å². The SMILES string of the molecule is CC(C)C[C@H]1C(=O)O[C@H](Cc2ccc(CN3CCNc4ccccc43)cc2)C(=O)N(C)[C@@H](CC(C)C)C(=O)O[C@H](C)C(=O)N(C)[C@@H](CC(C)C)C(=O)O[C@H](Cc2ccc(CN3CCNc4ccccc43)cc2)C(=O)N(C)[C@@H](CC(C)C)C(=O)O[C@H](C)C(=O)N1C.Cl.Cl. The average Bonchev–Trinajstić information content (AvgIpc) is 0.923. The van der Waals surface area contributed by atoms with Gasteiger partial charge < -0.3 is 59.0 Å². The summed E-state index contributed by atoms with van der Waals surface area (Å²) in [5, 5.41) is 6.89. The van der Waals surface area contributed by atoms with Crippen LogP contribution in [0.2, 0.25) is 0 Å². The molecule has 3 aliphatic rings. The first-order valence-electron chi connectivity index (χ1n) is 31.9. The zero-order chi connectivity index (χ0) is 65.7. The number of carbonyl (C=O) groups is 8. The summed E-state index contributed by atoms with van der Waals surface area (Å²) in [4.78, 5) is 128. The summed E-state index contributed by atoms with van der Waals surface area (Å²) >= 11 is 0. The van der Waals surface area contributed by atoms with Gasteiger partial charge in [0.25, 0.3) is 23.6 Å². The first-order chi connectivity index (χ1) is 42.7. The van der Waals surface area contributed by atoms with Gasteiger partial charge in [0.15, 0.2) is 24.4 Å². The van der Waals surface area contributed by atoms with Crippen LogP contribution < -0.4 is 20.4 Å². The number of ether oxygens (including phenoxy) is 4. The molecule has 0 saturated carbocycles. The normalized spacial score (nSPS) is 22.8. The number of anilines is 4. The lowest BCUT2D eigenvalue weighted by Crippen LogP contribution is -2.55. The van der Waals surface area contributed by atoms with Gasteiger partial charge in [0.1, 0.15) is 24.2 Å². The van der Waals surface area contributed by atoms with E-state index < -0.39 is 96.1 Å². The van der Waals surface area contributed by atoms with E-state index in [-0.39, 0.29) is 87.0 Å². The summed E-state index contributed by atoms with van der Waals surface area (Å²) in [5.74, 6) is -7.34. The smallest absolute Gasteiger partial charge is 0.329 e. The van der Waals surface area contributed by atoms with Crippen LogP contribution in [-0.4, -0.2) is 170 Å². The molecule has 0 unspecified atom stereocenters. The standard InChI is InChI=1S/C70H96N8O12.2ClH/c1-43(2)35-57-67(83)87-47(9)63(79)73(11)60(38-46(7)8)70(86)90-62(40-50-25-29-52(30-26-50)42-78-34-32-72-54-20-16-18-22-56(54)78)66(82)76(14)58(36-44(3)4)68(84)88-48(10)64(80)74(12)59(37-45(5)6)69(85)89-61(65(81)75(57)13)39-49-23-27-51(28-24-49)41-77-33-31-71-53-19-15-17-21-55(53)77;;/h15-30,43-48,57-62,71-72H,31-42H2,1-14H3;2*1H/t47-,48-,57+,58+,59+,60+,61-,62-;;/m1../s1. The molecule has 20 nitrogen and oxygen atoms in total. The van der Waals surface area contributed by atoms with Crippen LogP contribution in [0.3, 0.4) is 0 Å². The molecule has 0 radical (unpaired) electrons. The molecule has 3 aliphatic heterocycles. The van der Waals surface area contributed by atoms with E-state index >= 15 is 9.59 Å². The Kier molecular flexibility index (Phi) is 28.1. The number of nitrogens with zero attached hydrogens (tertiary/aromatic N) is 6. The highest BCUT2D eigenvalue weighted by atomic mass is 35.5. The van der Waals surface area contributed by atoms with Crippen LogP contribution in [-0.2, 0) is 83.2 Å². The van der Waals surface area contributed by atoms with Gasteiger partial charge in [-0.2, -0.15) is 0 Å². The van der Waals surface area contributed by atoms with Gasteiger partial charge in [0.2, 0.25) is 0 Å². The number of fused-ring (bicyclic) bond motifs is 2. The van der Waals surface area contributed by atoms with Gasteiger partial charge >= 0.3 is 23.9 Å². The van der Waals surface area contributed by atoms with Crippen molar-refractivity contribution in [2.75, 3.05) is 74.8 Å². The van der Waals surface area contributed by atoms with Gasteiger partial charge in [-0.05, 0) is 110 Å². The Morgan fingerprint density at radius 2 is 0.663 bits per heavy atom. The Balaban J connectivity index is 0.00000768. The van der Waals surface area contributed by atoms with E-state index in [1.165, 1.54) is 51.8 Å². The van der Waals surface area contributed by atoms with Crippen molar-refractivity contribution in [3.05, 3.63) is 119 Å². The summed E-state index contributed by atoms with van der Waals surface area (Å²) in [7, 11) is 5.65. The van der Waals surface area contributed by atoms with Crippen molar-refractivity contribution in [2.24, 2.45) is 23.7 Å². The number of para-hydroxylation sites is 4. The lowest BCUT2D eigenvalue weighted by Gasteiger charge is -2.35. The average molecular weight is 1310 g/mol. The van der Waals surface area contributed by atoms with Gasteiger partial charge in [0.05, 0.1) is 22.7 Å². The number of likely N-dealkylation sites (N-methyl/N-ethyl adjacent to an activating group) is 4. The Morgan fingerprint density at radius 1 is 0.391 bits per heavy atom.